The van der Waals surface area contributed by atoms with E-state index in [1.807, 2.05) is 6.08 Å². The van der Waals surface area contributed by atoms with E-state index in [-0.39, 0.29) is 12.4 Å². The summed E-state index contributed by atoms with van der Waals surface area (Å²) in [6.45, 7) is 2.23. The minimum atomic E-state index is 0. The average molecular weight is 335 g/mol. The lowest BCUT2D eigenvalue weighted by Gasteiger charge is -2.29. The van der Waals surface area contributed by atoms with E-state index in [0.29, 0.717) is 11.8 Å². The Balaban J connectivity index is 0.00000144. The van der Waals surface area contributed by atoms with Gasteiger partial charge in [0, 0.05) is 27.4 Å². The predicted octanol–water partition coefficient (Wildman–Crippen LogP) is 3.17. The monoisotopic (exact) mass is 334 g/mol. The van der Waals surface area contributed by atoms with Gasteiger partial charge in [0.1, 0.15) is 0 Å². The van der Waals surface area contributed by atoms with Crippen molar-refractivity contribution in [1.82, 2.24) is 4.98 Å². The maximum absolute atomic E-state index is 6.51. The third kappa shape index (κ3) is 2.39. The molecular weight excluding hydrogens is 315 g/mol. The SMILES string of the molecule is CCC1=CC2Cc3nc4c(c(N)c3=CC1)C(C=C(Cl)C=4)C2.Cl. The topological polar surface area (TPSA) is 38.9 Å². The van der Waals surface area contributed by atoms with Gasteiger partial charge in [0.25, 0.3) is 0 Å². The van der Waals surface area contributed by atoms with Crippen LogP contribution in [0.2, 0.25) is 0 Å². The minimum absolute atomic E-state index is 0. The number of pyridine rings is 1. The molecule has 0 fully saturated rings. The van der Waals surface area contributed by atoms with Gasteiger partial charge >= 0.3 is 0 Å². The van der Waals surface area contributed by atoms with Gasteiger partial charge in [-0.2, -0.15) is 0 Å². The maximum atomic E-state index is 6.51. The van der Waals surface area contributed by atoms with Crippen LogP contribution in [0.5, 0.6) is 0 Å². The van der Waals surface area contributed by atoms with Crippen LogP contribution in [-0.4, -0.2) is 4.98 Å². The second kappa shape index (κ2) is 5.75. The number of nitrogens with two attached hydrogens (primary N) is 1. The third-order valence-electron chi connectivity index (χ3n) is 4.93. The zero-order valence-corrected chi connectivity index (χ0v) is 14.2. The molecule has 0 radical (unpaired) electrons. The Hall–Kier alpha value is -1.25. The van der Waals surface area contributed by atoms with Gasteiger partial charge in [-0.1, -0.05) is 42.3 Å². The van der Waals surface area contributed by atoms with Gasteiger partial charge < -0.3 is 5.73 Å². The minimum Gasteiger partial charge on any atom is -0.398 e. The summed E-state index contributed by atoms with van der Waals surface area (Å²) in [4.78, 5) is 4.88. The van der Waals surface area contributed by atoms with Crippen LogP contribution >= 0.6 is 24.0 Å². The fourth-order valence-corrected chi connectivity index (χ4v) is 4.16. The van der Waals surface area contributed by atoms with E-state index in [2.05, 4.69) is 25.2 Å². The standard InChI is InChI=1S/C18H19ClN2.ClH/c1-2-10-3-4-14-15-7-11(5-10)6-12-8-13(19)9-16(21-15)17(12)18(14)20;/h4-5,8-9,11-12H,2-3,6-7,20H2,1H3;1H. The first-order valence-corrected chi connectivity index (χ1v) is 8.10. The van der Waals surface area contributed by atoms with E-state index in [4.69, 9.17) is 22.3 Å². The fourth-order valence-electron chi connectivity index (χ4n) is 3.91. The summed E-state index contributed by atoms with van der Waals surface area (Å²) in [6, 6.07) is 0. The molecular formula is C18H20Cl2N2. The number of anilines is 1. The van der Waals surface area contributed by atoms with Gasteiger partial charge in [0.15, 0.2) is 0 Å². The molecule has 0 saturated carbocycles. The van der Waals surface area contributed by atoms with Gasteiger partial charge in [-0.15, -0.1) is 12.4 Å². The van der Waals surface area contributed by atoms with Crippen LogP contribution in [0.25, 0.3) is 12.2 Å². The first-order valence-electron chi connectivity index (χ1n) is 7.72. The summed E-state index contributed by atoms with van der Waals surface area (Å²) in [5, 5.41) is 2.94. The van der Waals surface area contributed by atoms with Crippen molar-refractivity contribution in [3.05, 3.63) is 44.6 Å². The number of hydrogen-bond donors (Lipinski definition) is 1. The van der Waals surface area contributed by atoms with Crippen molar-refractivity contribution in [3.63, 3.8) is 0 Å². The molecule has 116 valence electrons. The van der Waals surface area contributed by atoms with Crippen molar-refractivity contribution < 1.29 is 0 Å². The van der Waals surface area contributed by atoms with Gasteiger partial charge in [0.2, 0.25) is 0 Å². The molecule has 2 N–H and O–H groups in total. The van der Waals surface area contributed by atoms with Crippen molar-refractivity contribution in [1.29, 1.82) is 0 Å². The van der Waals surface area contributed by atoms with E-state index < -0.39 is 0 Å². The van der Waals surface area contributed by atoms with Crippen molar-refractivity contribution in [2.45, 2.75) is 38.5 Å². The van der Waals surface area contributed by atoms with E-state index in [0.717, 1.165) is 47.4 Å². The number of halogens is 2. The van der Waals surface area contributed by atoms with Crippen molar-refractivity contribution >= 4 is 41.8 Å². The molecule has 2 atom stereocenters. The summed E-state index contributed by atoms with van der Waals surface area (Å²) < 4.78 is 0. The largest absolute Gasteiger partial charge is 0.398 e. The van der Waals surface area contributed by atoms with Gasteiger partial charge in [0.05, 0.1) is 11.0 Å². The van der Waals surface area contributed by atoms with Crippen molar-refractivity contribution in [2.24, 2.45) is 5.92 Å². The van der Waals surface area contributed by atoms with Crippen LogP contribution in [-0.2, 0) is 6.42 Å². The zero-order chi connectivity index (χ0) is 14.6. The fraction of sp³-hybridized carbons (Fsp3) is 0.389. The first kappa shape index (κ1) is 15.6. The molecule has 2 unspecified atom stereocenters. The lowest BCUT2D eigenvalue weighted by atomic mass is 9.78. The lowest BCUT2D eigenvalue weighted by molar-refractivity contribution is 0.523. The Morgan fingerprint density at radius 2 is 2.18 bits per heavy atom. The number of nitrogen functional groups attached to an aromatic ring is 1. The molecule has 1 aromatic heterocycles. The summed E-state index contributed by atoms with van der Waals surface area (Å²) in [5.41, 5.74) is 11.3. The third-order valence-corrected chi connectivity index (χ3v) is 5.17. The first-order chi connectivity index (χ1) is 10.2. The van der Waals surface area contributed by atoms with Crippen molar-refractivity contribution in [3.8, 4) is 0 Å². The molecule has 0 spiro atoms. The maximum Gasteiger partial charge on any atom is 0.0706 e. The van der Waals surface area contributed by atoms with Crippen LogP contribution in [0.3, 0.4) is 0 Å². The number of rotatable bonds is 1. The highest BCUT2D eigenvalue weighted by Crippen LogP contribution is 2.35. The Morgan fingerprint density at radius 1 is 1.36 bits per heavy atom. The molecule has 0 saturated heterocycles. The second-order valence-electron chi connectivity index (χ2n) is 6.27. The number of nitrogens with zero attached hydrogens (tertiary/aromatic N) is 1. The van der Waals surface area contributed by atoms with E-state index in [1.54, 1.807) is 0 Å². The Morgan fingerprint density at radius 3 is 2.95 bits per heavy atom. The van der Waals surface area contributed by atoms with E-state index in [1.165, 1.54) is 16.4 Å². The highest BCUT2D eigenvalue weighted by molar-refractivity contribution is 6.34. The van der Waals surface area contributed by atoms with E-state index >= 15 is 0 Å². The van der Waals surface area contributed by atoms with Gasteiger partial charge in [-0.05, 0) is 37.7 Å². The average Bonchev–Trinajstić information content (AvgIpc) is 2.40. The smallest absolute Gasteiger partial charge is 0.0706 e. The lowest BCUT2D eigenvalue weighted by Crippen LogP contribution is -2.36. The summed E-state index contributed by atoms with van der Waals surface area (Å²) in [5.74, 6) is 0.833. The molecule has 0 aromatic carbocycles. The van der Waals surface area contributed by atoms with Gasteiger partial charge in [-0.3, -0.25) is 4.98 Å². The summed E-state index contributed by atoms with van der Waals surface area (Å²) in [6.07, 6.45) is 13.0. The highest BCUT2D eigenvalue weighted by atomic mass is 35.5. The molecule has 1 aromatic rings. The molecule has 1 aliphatic heterocycles. The Bertz CT molecular complexity index is 805. The van der Waals surface area contributed by atoms with Crippen molar-refractivity contribution in [2.75, 3.05) is 5.73 Å². The molecule has 2 heterocycles. The molecule has 3 aliphatic carbocycles. The molecule has 22 heavy (non-hydrogen) atoms. The molecule has 2 nitrogen and oxygen atoms in total. The van der Waals surface area contributed by atoms with Gasteiger partial charge in [-0.25, -0.2) is 0 Å². The van der Waals surface area contributed by atoms with E-state index in [9.17, 15) is 0 Å². The summed E-state index contributed by atoms with van der Waals surface area (Å²) in [7, 11) is 0. The van der Waals surface area contributed by atoms with Crippen LogP contribution in [0, 0.1) is 5.92 Å². The highest BCUT2D eigenvalue weighted by Gasteiger charge is 2.28. The quantitative estimate of drug-likeness (QED) is 0.801. The second-order valence-corrected chi connectivity index (χ2v) is 6.71. The molecule has 0 amide bonds. The zero-order valence-electron chi connectivity index (χ0n) is 12.6. The van der Waals surface area contributed by atoms with Crippen LogP contribution in [0.15, 0.2) is 22.8 Å². The number of allylic oxidation sites excluding steroid dienone is 4. The molecule has 5 rings (SSSR count). The van der Waals surface area contributed by atoms with Crippen LogP contribution in [0.4, 0.5) is 5.69 Å². The predicted molar refractivity (Wildman–Crippen MR) is 95.6 cm³/mol. The Labute approximate surface area is 141 Å². The number of aromatic nitrogens is 1. The summed E-state index contributed by atoms with van der Waals surface area (Å²) >= 11 is 6.28. The normalized spacial score (nSPS) is 24.6. The van der Waals surface area contributed by atoms with Crippen LogP contribution < -0.4 is 16.3 Å². The molecule has 4 aliphatic rings. The van der Waals surface area contributed by atoms with Crippen LogP contribution in [0.1, 0.15) is 43.4 Å². The Kier molecular flexibility index (Phi) is 4.09. The molecule has 6 bridgehead atoms. The molecule has 4 heteroatoms. The number of hydrogen-bond acceptors (Lipinski definition) is 2.